The van der Waals surface area contributed by atoms with Crippen LogP contribution in [0.4, 0.5) is 0 Å². The summed E-state index contributed by atoms with van der Waals surface area (Å²) in [6.45, 7) is 1.88. The lowest BCUT2D eigenvalue weighted by Gasteiger charge is -1.97. The van der Waals surface area contributed by atoms with Gasteiger partial charge in [-0.05, 0) is 19.1 Å². The van der Waals surface area contributed by atoms with E-state index in [-0.39, 0.29) is 0 Å². The number of alkyl halides is 1. The average Bonchev–Trinajstić information content (AvgIpc) is 2.90. The lowest BCUT2D eigenvalue weighted by atomic mass is 10.3. The summed E-state index contributed by atoms with van der Waals surface area (Å²) in [6, 6.07) is 7.78. The summed E-state index contributed by atoms with van der Waals surface area (Å²) in [5, 5.41) is 4.85. The van der Waals surface area contributed by atoms with Gasteiger partial charge in [-0.3, -0.25) is 0 Å². The van der Waals surface area contributed by atoms with Gasteiger partial charge in [-0.1, -0.05) is 23.7 Å². The van der Waals surface area contributed by atoms with Gasteiger partial charge in [0, 0.05) is 5.56 Å². The topological polar surface area (TPSA) is 46.5 Å². The van der Waals surface area contributed by atoms with Crippen molar-refractivity contribution in [2.75, 3.05) is 0 Å². The molecule has 3 aromatic rings. The zero-order valence-electron chi connectivity index (χ0n) is 9.61. The summed E-state index contributed by atoms with van der Waals surface area (Å²) in [4.78, 5) is 7.63. The molecule has 0 atom stereocenters. The Morgan fingerprint density at radius 1 is 1.33 bits per heavy atom. The molecule has 0 saturated heterocycles. The number of hydrogen-bond acceptors (Lipinski definition) is 2. The second kappa shape index (κ2) is 4.30. The molecule has 6 heteroatoms. The van der Waals surface area contributed by atoms with E-state index < -0.39 is 0 Å². The number of fused-ring (bicyclic) bond motifs is 1. The molecule has 0 aliphatic carbocycles. The van der Waals surface area contributed by atoms with Crippen LogP contribution in [-0.2, 0) is 5.88 Å². The minimum atomic E-state index is 0.338. The first-order chi connectivity index (χ1) is 8.70. The molecule has 2 aromatic heterocycles. The summed E-state index contributed by atoms with van der Waals surface area (Å²) in [5.74, 6) is 0.936. The predicted molar refractivity (Wildman–Crippen MR) is 72.5 cm³/mol. The number of para-hydroxylation sites is 2. The number of nitrogens with one attached hydrogen (secondary N) is 1. The van der Waals surface area contributed by atoms with Crippen LogP contribution in [0.5, 0.6) is 0 Å². The van der Waals surface area contributed by atoms with Crippen molar-refractivity contribution in [3.8, 4) is 5.95 Å². The molecular weight excluding hydrogens is 271 g/mol. The first kappa shape index (κ1) is 11.6. The highest BCUT2D eigenvalue weighted by molar-refractivity contribution is 6.31. The van der Waals surface area contributed by atoms with Gasteiger partial charge >= 0.3 is 0 Å². The van der Waals surface area contributed by atoms with Gasteiger partial charge in [-0.15, -0.1) is 11.6 Å². The Morgan fingerprint density at radius 2 is 2.11 bits per heavy atom. The number of aryl methyl sites for hydroxylation is 1. The number of rotatable bonds is 2. The molecule has 0 aliphatic rings. The lowest BCUT2D eigenvalue weighted by molar-refractivity contribution is 0.816. The highest BCUT2D eigenvalue weighted by Gasteiger charge is 2.15. The number of hydrogen-bond donors (Lipinski definition) is 1. The number of nitrogens with zero attached hydrogens (tertiary/aromatic N) is 3. The van der Waals surface area contributed by atoms with E-state index >= 15 is 0 Å². The number of aromatic amines is 1. The van der Waals surface area contributed by atoms with Crippen LogP contribution >= 0.6 is 23.2 Å². The van der Waals surface area contributed by atoms with E-state index in [2.05, 4.69) is 15.1 Å². The molecule has 92 valence electrons. The van der Waals surface area contributed by atoms with Gasteiger partial charge in [-0.2, -0.15) is 9.78 Å². The molecule has 0 unspecified atom stereocenters. The SMILES string of the molecule is Cc1nn(-c2nc3ccccc3[nH]2)c(Cl)c1CCl. The van der Waals surface area contributed by atoms with Crippen molar-refractivity contribution in [3.05, 3.63) is 40.7 Å². The highest BCUT2D eigenvalue weighted by Crippen LogP contribution is 2.24. The molecule has 2 heterocycles. The third-order valence-corrected chi connectivity index (χ3v) is 3.49. The van der Waals surface area contributed by atoms with Crippen LogP contribution in [0.15, 0.2) is 24.3 Å². The van der Waals surface area contributed by atoms with Gasteiger partial charge in [0.15, 0.2) is 0 Å². The third kappa shape index (κ3) is 1.69. The van der Waals surface area contributed by atoms with Crippen molar-refractivity contribution in [2.45, 2.75) is 12.8 Å². The predicted octanol–water partition coefficient (Wildman–Crippen LogP) is 3.45. The standard InChI is InChI=1S/C12H10Cl2N4/c1-7-8(6-13)11(14)18(17-7)12-15-9-4-2-3-5-10(9)16-12/h2-5H,6H2,1H3,(H,15,16). The molecule has 0 radical (unpaired) electrons. The zero-order chi connectivity index (χ0) is 12.7. The fraction of sp³-hybridized carbons (Fsp3) is 0.167. The number of H-pyrrole nitrogens is 1. The Bertz CT molecular complexity index is 681. The molecule has 18 heavy (non-hydrogen) atoms. The minimum absolute atomic E-state index is 0.338. The van der Waals surface area contributed by atoms with Crippen molar-refractivity contribution in [1.82, 2.24) is 19.7 Å². The maximum Gasteiger partial charge on any atom is 0.230 e. The van der Waals surface area contributed by atoms with E-state index in [0.717, 1.165) is 22.3 Å². The van der Waals surface area contributed by atoms with Crippen LogP contribution in [-0.4, -0.2) is 19.7 Å². The fourth-order valence-electron chi connectivity index (χ4n) is 1.86. The summed E-state index contributed by atoms with van der Waals surface area (Å²) >= 11 is 12.1. The molecule has 4 nitrogen and oxygen atoms in total. The van der Waals surface area contributed by atoms with E-state index in [9.17, 15) is 0 Å². The fourth-order valence-corrected chi connectivity index (χ4v) is 2.57. The summed E-state index contributed by atoms with van der Waals surface area (Å²) < 4.78 is 1.58. The van der Waals surface area contributed by atoms with E-state index in [1.807, 2.05) is 31.2 Å². The second-order valence-corrected chi connectivity index (χ2v) is 4.60. The third-order valence-electron chi connectivity index (χ3n) is 2.83. The molecule has 0 bridgehead atoms. The Labute approximate surface area is 114 Å². The Morgan fingerprint density at radius 3 is 2.78 bits per heavy atom. The molecule has 0 aliphatic heterocycles. The Kier molecular flexibility index (Phi) is 2.76. The van der Waals surface area contributed by atoms with Crippen molar-refractivity contribution in [1.29, 1.82) is 0 Å². The van der Waals surface area contributed by atoms with Crippen molar-refractivity contribution >= 4 is 34.2 Å². The van der Waals surface area contributed by atoms with E-state index in [0.29, 0.717) is 17.0 Å². The second-order valence-electron chi connectivity index (χ2n) is 3.98. The van der Waals surface area contributed by atoms with E-state index in [4.69, 9.17) is 23.2 Å². The average molecular weight is 281 g/mol. The van der Waals surface area contributed by atoms with Crippen LogP contribution < -0.4 is 0 Å². The van der Waals surface area contributed by atoms with Gasteiger partial charge in [0.2, 0.25) is 5.95 Å². The molecule has 0 spiro atoms. The van der Waals surface area contributed by atoms with Crippen molar-refractivity contribution in [3.63, 3.8) is 0 Å². The van der Waals surface area contributed by atoms with Crippen LogP contribution in [0.3, 0.4) is 0 Å². The summed E-state index contributed by atoms with van der Waals surface area (Å²) in [7, 11) is 0. The van der Waals surface area contributed by atoms with Crippen LogP contribution in [0.25, 0.3) is 17.0 Å². The molecule has 0 fully saturated rings. The smallest absolute Gasteiger partial charge is 0.230 e. The van der Waals surface area contributed by atoms with Crippen LogP contribution in [0, 0.1) is 6.92 Å². The highest BCUT2D eigenvalue weighted by atomic mass is 35.5. The van der Waals surface area contributed by atoms with Gasteiger partial charge in [0.05, 0.1) is 22.6 Å². The normalized spacial score (nSPS) is 11.3. The Hall–Kier alpha value is -1.52. The molecule has 0 amide bonds. The number of imidazole rings is 1. The molecule has 1 aromatic carbocycles. The van der Waals surface area contributed by atoms with Crippen molar-refractivity contribution in [2.24, 2.45) is 0 Å². The monoisotopic (exact) mass is 280 g/mol. The first-order valence-electron chi connectivity index (χ1n) is 5.46. The number of aromatic nitrogens is 4. The summed E-state index contributed by atoms with van der Waals surface area (Å²) in [5.41, 5.74) is 3.47. The van der Waals surface area contributed by atoms with Crippen LogP contribution in [0.1, 0.15) is 11.3 Å². The van der Waals surface area contributed by atoms with Crippen LogP contribution in [0.2, 0.25) is 5.15 Å². The van der Waals surface area contributed by atoms with E-state index in [1.54, 1.807) is 4.68 Å². The van der Waals surface area contributed by atoms with Crippen molar-refractivity contribution < 1.29 is 0 Å². The maximum absolute atomic E-state index is 6.25. The van der Waals surface area contributed by atoms with Gasteiger partial charge in [-0.25, -0.2) is 4.98 Å². The maximum atomic E-state index is 6.25. The molecule has 1 N–H and O–H groups in total. The van der Waals surface area contributed by atoms with E-state index in [1.165, 1.54) is 0 Å². The van der Waals surface area contributed by atoms with Gasteiger partial charge in [0.25, 0.3) is 0 Å². The zero-order valence-corrected chi connectivity index (χ0v) is 11.1. The number of halogens is 2. The first-order valence-corrected chi connectivity index (χ1v) is 6.37. The molecule has 3 rings (SSSR count). The lowest BCUT2D eigenvalue weighted by Crippen LogP contribution is -1.99. The summed E-state index contributed by atoms with van der Waals surface area (Å²) in [6.07, 6.45) is 0. The van der Waals surface area contributed by atoms with Gasteiger partial charge < -0.3 is 4.98 Å². The van der Waals surface area contributed by atoms with Gasteiger partial charge in [0.1, 0.15) is 5.15 Å². The molecular formula is C12H10Cl2N4. The Balaban J connectivity index is 2.20. The quantitative estimate of drug-likeness (QED) is 0.731. The number of benzene rings is 1. The largest absolute Gasteiger partial charge is 0.322 e. The molecule has 0 saturated carbocycles. The minimum Gasteiger partial charge on any atom is -0.322 e.